The zero-order valence-electron chi connectivity index (χ0n) is 12.4. The molecule has 2 bridgehead atoms. The van der Waals surface area contributed by atoms with Crippen molar-refractivity contribution in [3.05, 3.63) is 35.9 Å². The maximum atomic E-state index is 2.86. The number of piperidine rings is 3. The average molecular weight is 270 g/mol. The Morgan fingerprint density at radius 3 is 2.25 bits per heavy atom. The monoisotopic (exact) mass is 270 g/mol. The topological polar surface area (TPSA) is 6.48 Å². The molecule has 20 heavy (non-hydrogen) atoms. The van der Waals surface area contributed by atoms with E-state index >= 15 is 0 Å². The van der Waals surface area contributed by atoms with E-state index in [-0.39, 0.29) is 0 Å². The lowest BCUT2D eigenvalue weighted by Gasteiger charge is -2.57. The van der Waals surface area contributed by atoms with Gasteiger partial charge >= 0.3 is 0 Å². The second-order valence-corrected chi connectivity index (χ2v) is 7.01. The van der Waals surface area contributed by atoms with Gasteiger partial charge in [0.1, 0.15) is 0 Å². The number of benzene rings is 1. The van der Waals surface area contributed by atoms with Gasteiger partial charge in [0.05, 0.1) is 0 Å². The first kappa shape index (κ1) is 12.8. The highest BCUT2D eigenvalue weighted by atomic mass is 15.3. The van der Waals surface area contributed by atoms with Crippen LogP contribution >= 0.6 is 0 Å². The van der Waals surface area contributed by atoms with E-state index in [4.69, 9.17) is 0 Å². The minimum atomic E-state index is 0.439. The number of hydrogen-bond donors (Lipinski definition) is 0. The van der Waals surface area contributed by atoms with Crippen molar-refractivity contribution >= 4 is 0 Å². The van der Waals surface area contributed by atoms with E-state index in [1.807, 2.05) is 0 Å². The van der Waals surface area contributed by atoms with Gasteiger partial charge in [-0.2, -0.15) is 0 Å². The second-order valence-electron chi connectivity index (χ2n) is 7.01. The van der Waals surface area contributed by atoms with E-state index in [9.17, 15) is 0 Å². The summed E-state index contributed by atoms with van der Waals surface area (Å²) in [4.78, 5) is 5.58. The quantitative estimate of drug-likeness (QED) is 0.833. The molecule has 1 unspecified atom stereocenters. The highest BCUT2D eigenvalue weighted by molar-refractivity contribution is 5.21. The molecule has 0 saturated carbocycles. The molecule has 4 fully saturated rings. The van der Waals surface area contributed by atoms with E-state index in [0.29, 0.717) is 5.54 Å². The first-order valence-electron chi connectivity index (χ1n) is 8.38. The zero-order chi connectivity index (χ0) is 13.4. The van der Waals surface area contributed by atoms with Crippen LogP contribution in [0.2, 0.25) is 0 Å². The Labute approximate surface area is 122 Å². The molecule has 4 aliphatic rings. The normalized spacial score (nSPS) is 37.4. The molecule has 0 radical (unpaired) electrons. The number of likely N-dealkylation sites (tertiary alicyclic amines) is 1. The van der Waals surface area contributed by atoms with Gasteiger partial charge in [0.25, 0.3) is 0 Å². The van der Waals surface area contributed by atoms with Crippen molar-refractivity contribution < 1.29 is 0 Å². The standard InChI is InChI=1S/C18H26N2/c1-2-6-16(7-3-1)14-18(20-10-4-5-11-20)15-19-12-8-17(18)9-13-19/h1-3,6-7,17H,4-5,8-15H2. The Balaban J connectivity index is 1.66. The van der Waals surface area contributed by atoms with Crippen molar-refractivity contribution in [2.24, 2.45) is 5.92 Å². The van der Waals surface area contributed by atoms with E-state index in [1.54, 1.807) is 0 Å². The summed E-state index contributed by atoms with van der Waals surface area (Å²) in [6.45, 7) is 6.66. The smallest absolute Gasteiger partial charge is 0.0405 e. The molecule has 1 atom stereocenters. The summed E-state index contributed by atoms with van der Waals surface area (Å²) >= 11 is 0. The lowest BCUT2D eigenvalue weighted by molar-refractivity contribution is -0.0629. The fraction of sp³-hybridized carbons (Fsp3) is 0.667. The predicted octanol–water partition coefficient (Wildman–Crippen LogP) is 2.79. The molecule has 1 aromatic rings. The molecular formula is C18H26N2. The van der Waals surface area contributed by atoms with Gasteiger partial charge in [0.15, 0.2) is 0 Å². The summed E-state index contributed by atoms with van der Waals surface area (Å²) in [5.41, 5.74) is 1.97. The van der Waals surface area contributed by atoms with Crippen molar-refractivity contribution in [3.8, 4) is 0 Å². The van der Waals surface area contributed by atoms with Crippen LogP contribution in [0.5, 0.6) is 0 Å². The number of hydrogen-bond acceptors (Lipinski definition) is 2. The Hall–Kier alpha value is -0.860. The fourth-order valence-electron chi connectivity index (χ4n) is 4.93. The molecule has 1 aromatic carbocycles. The first-order chi connectivity index (χ1) is 9.87. The SMILES string of the molecule is c1ccc(CC2(N3CCCC3)CN3CCC2CC3)cc1. The van der Waals surface area contributed by atoms with E-state index in [0.717, 1.165) is 5.92 Å². The number of rotatable bonds is 3. The summed E-state index contributed by atoms with van der Waals surface area (Å²) in [5.74, 6) is 0.922. The zero-order valence-corrected chi connectivity index (χ0v) is 12.4. The molecule has 2 nitrogen and oxygen atoms in total. The van der Waals surface area contributed by atoms with Crippen LogP contribution in [0.3, 0.4) is 0 Å². The van der Waals surface area contributed by atoms with Gasteiger partial charge < -0.3 is 4.90 Å². The van der Waals surface area contributed by atoms with Crippen molar-refractivity contribution in [1.82, 2.24) is 9.80 Å². The summed E-state index contributed by atoms with van der Waals surface area (Å²) in [5, 5.41) is 0. The van der Waals surface area contributed by atoms with Gasteiger partial charge in [-0.05, 0) is 69.8 Å². The van der Waals surface area contributed by atoms with Gasteiger partial charge in [0, 0.05) is 12.1 Å². The van der Waals surface area contributed by atoms with Crippen molar-refractivity contribution in [2.45, 2.75) is 37.6 Å². The van der Waals surface area contributed by atoms with Gasteiger partial charge in [-0.25, -0.2) is 0 Å². The molecular weight excluding hydrogens is 244 g/mol. The molecule has 2 heteroatoms. The van der Waals surface area contributed by atoms with Crippen LogP contribution in [0.4, 0.5) is 0 Å². The van der Waals surface area contributed by atoms with Gasteiger partial charge in [-0.15, -0.1) is 0 Å². The van der Waals surface area contributed by atoms with Crippen LogP contribution < -0.4 is 0 Å². The van der Waals surface area contributed by atoms with E-state index in [1.165, 1.54) is 70.4 Å². The Morgan fingerprint density at radius 1 is 0.950 bits per heavy atom. The predicted molar refractivity (Wildman–Crippen MR) is 82.8 cm³/mol. The van der Waals surface area contributed by atoms with Gasteiger partial charge in [-0.3, -0.25) is 4.90 Å². The van der Waals surface area contributed by atoms with Crippen LogP contribution in [0, 0.1) is 5.92 Å². The molecule has 0 aliphatic carbocycles. The third kappa shape index (κ3) is 2.10. The fourth-order valence-corrected chi connectivity index (χ4v) is 4.93. The molecule has 5 rings (SSSR count). The molecule has 4 saturated heterocycles. The third-order valence-electron chi connectivity index (χ3n) is 5.93. The highest BCUT2D eigenvalue weighted by Gasteiger charge is 2.50. The molecule has 0 aromatic heterocycles. The average Bonchev–Trinajstić information content (AvgIpc) is 3.04. The molecule has 4 heterocycles. The Bertz CT molecular complexity index is 440. The third-order valence-corrected chi connectivity index (χ3v) is 5.93. The maximum absolute atomic E-state index is 2.86. The van der Waals surface area contributed by atoms with Gasteiger partial charge in [0.2, 0.25) is 0 Å². The molecule has 0 spiro atoms. The molecule has 4 aliphatic heterocycles. The van der Waals surface area contributed by atoms with E-state index < -0.39 is 0 Å². The number of fused-ring (bicyclic) bond motifs is 3. The highest BCUT2D eigenvalue weighted by Crippen LogP contribution is 2.43. The number of nitrogens with zero attached hydrogens (tertiary/aromatic N) is 2. The summed E-state index contributed by atoms with van der Waals surface area (Å²) in [6, 6.07) is 11.2. The van der Waals surface area contributed by atoms with Crippen LogP contribution in [0.25, 0.3) is 0 Å². The summed E-state index contributed by atoms with van der Waals surface area (Å²) in [6.07, 6.45) is 6.91. The second kappa shape index (κ2) is 5.16. The maximum Gasteiger partial charge on any atom is 0.0405 e. The minimum absolute atomic E-state index is 0.439. The van der Waals surface area contributed by atoms with Gasteiger partial charge in [-0.1, -0.05) is 30.3 Å². The summed E-state index contributed by atoms with van der Waals surface area (Å²) < 4.78 is 0. The first-order valence-corrected chi connectivity index (χ1v) is 8.38. The molecule has 0 amide bonds. The van der Waals surface area contributed by atoms with Crippen molar-refractivity contribution in [3.63, 3.8) is 0 Å². The summed E-state index contributed by atoms with van der Waals surface area (Å²) in [7, 11) is 0. The van der Waals surface area contributed by atoms with Crippen LogP contribution in [0.1, 0.15) is 31.2 Å². The largest absolute Gasteiger partial charge is 0.301 e. The van der Waals surface area contributed by atoms with Crippen molar-refractivity contribution in [1.29, 1.82) is 0 Å². The van der Waals surface area contributed by atoms with Crippen molar-refractivity contribution in [2.75, 3.05) is 32.7 Å². The molecule has 0 N–H and O–H groups in total. The van der Waals surface area contributed by atoms with E-state index in [2.05, 4.69) is 40.1 Å². The minimum Gasteiger partial charge on any atom is -0.301 e. The lowest BCUT2D eigenvalue weighted by atomic mass is 9.69. The lowest BCUT2D eigenvalue weighted by Crippen LogP contribution is -2.67. The molecule has 108 valence electrons. The Kier molecular flexibility index (Phi) is 3.31. The van der Waals surface area contributed by atoms with Crippen LogP contribution in [-0.2, 0) is 6.42 Å². The van der Waals surface area contributed by atoms with Crippen LogP contribution in [0.15, 0.2) is 30.3 Å². The van der Waals surface area contributed by atoms with Crippen LogP contribution in [-0.4, -0.2) is 48.1 Å². The Morgan fingerprint density at radius 2 is 1.65 bits per heavy atom.